The molecule has 1 N–H and O–H groups in total. The Labute approximate surface area is 130 Å². The molecule has 2 aromatic rings. The van der Waals surface area contributed by atoms with Gasteiger partial charge in [0.2, 0.25) is 0 Å². The molecule has 1 atom stereocenters. The first kappa shape index (κ1) is 16.0. The highest BCUT2D eigenvalue weighted by Crippen LogP contribution is 2.31. The second-order valence-electron chi connectivity index (χ2n) is 4.72. The van der Waals surface area contributed by atoms with E-state index in [2.05, 4.69) is 31.4 Å². The smallest absolute Gasteiger partial charge is 0.145 e. The van der Waals surface area contributed by atoms with Crippen LogP contribution in [0, 0.1) is 18.6 Å². The Hall–Kier alpha value is -1.40. The lowest BCUT2D eigenvalue weighted by molar-refractivity contribution is 0.515. The number of nitrogens with one attached hydrogen (secondary N) is 1. The molecule has 6 heteroatoms. The highest BCUT2D eigenvalue weighted by atomic mass is 79.9. The molecule has 0 amide bonds. The quantitative estimate of drug-likeness (QED) is 0.849. The summed E-state index contributed by atoms with van der Waals surface area (Å²) in [4.78, 5) is 0. The predicted octanol–water partition coefficient (Wildman–Crippen LogP) is 3.70. The van der Waals surface area contributed by atoms with E-state index in [-0.39, 0.29) is 10.0 Å². The van der Waals surface area contributed by atoms with Crippen LogP contribution in [0.3, 0.4) is 0 Å². The molecule has 2 rings (SSSR count). The van der Waals surface area contributed by atoms with Gasteiger partial charge in [-0.05, 0) is 60.1 Å². The van der Waals surface area contributed by atoms with E-state index in [0.717, 1.165) is 11.3 Å². The van der Waals surface area contributed by atoms with Crippen LogP contribution in [-0.2, 0) is 6.42 Å². The summed E-state index contributed by atoms with van der Waals surface area (Å²) in [6, 6.07) is 3.80. The van der Waals surface area contributed by atoms with E-state index in [1.165, 1.54) is 12.1 Å². The molecule has 1 aromatic carbocycles. The molecule has 0 aliphatic heterocycles. The van der Waals surface area contributed by atoms with E-state index >= 15 is 0 Å². The standard InChI is InChI=1S/C15H16BrF2N3/c1-4-12-9(7-8(2)20-21-12)15(19-3)13-11(17)6-5-10(16)14(13)18/h5-7,15,19H,4H2,1-3H3. The van der Waals surface area contributed by atoms with Gasteiger partial charge in [-0.1, -0.05) is 6.92 Å². The van der Waals surface area contributed by atoms with Crippen LogP contribution in [0.15, 0.2) is 22.7 Å². The highest BCUT2D eigenvalue weighted by molar-refractivity contribution is 9.10. The zero-order valence-electron chi connectivity index (χ0n) is 12.0. The molecule has 0 aliphatic rings. The second-order valence-corrected chi connectivity index (χ2v) is 5.57. The van der Waals surface area contributed by atoms with Crippen molar-refractivity contribution in [3.05, 3.63) is 56.8 Å². The Bertz CT molecular complexity index is 662. The van der Waals surface area contributed by atoms with E-state index in [0.29, 0.717) is 12.1 Å². The molecule has 0 aliphatic carbocycles. The van der Waals surface area contributed by atoms with Crippen molar-refractivity contribution in [1.82, 2.24) is 15.5 Å². The third kappa shape index (κ3) is 3.11. The van der Waals surface area contributed by atoms with Crippen LogP contribution in [0.5, 0.6) is 0 Å². The number of hydrogen-bond acceptors (Lipinski definition) is 3. The summed E-state index contributed by atoms with van der Waals surface area (Å²) >= 11 is 3.10. The van der Waals surface area contributed by atoms with Gasteiger partial charge in [-0.25, -0.2) is 8.78 Å². The molecule has 1 aromatic heterocycles. The Morgan fingerprint density at radius 3 is 2.62 bits per heavy atom. The van der Waals surface area contributed by atoms with Gasteiger partial charge in [-0.3, -0.25) is 0 Å². The summed E-state index contributed by atoms with van der Waals surface area (Å²) < 4.78 is 28.7. The van der Waals surface area contributed by atoms with Gasteiger partial charge in [-0.15, -0.1) is 0 Å². The lowest BCUT2D eigenvalue weighted by Crippen LogP contribution is -2.23. The molecule has 0 saturated heterocycles. The average molecular weight is 356 g/mol. The Morgan fingerprint density at radius 2 is 2.00 bits per heavy atom. The lowest BCUT2D eigenvalue weighted by atomic mass is 9.95. The molecule has 3 nitrogen and oxygen atoms in total. The van der Waals surface area contributed by atoms with Crippen molar-refractivity contribution in [3.8, 4) is 0 Å². The second kappa shape index (κ2) is 6.58. The van der Waals surface area contributed by atoms with Crippen molar-refractivity contribution < 1.29 is 8.78 Å². The van der Waals surface area contributed by atoms with Crippen molar-refractivity contribution in [3.63, 3.8) is 0 Å². The van der Waals surface area contributed by atoms with Crippen LogP contribution in [0.4, 0.5) is 8.78 Å². The first-order chi connectivity index (χ1) is 9.99. The lowest BCUT2D eigenvalue weighted by Gasteiger charge is -2.21. The monoisotopic (exact) mass is 355 g/mol. The molecule has 0 saturated carbocycles. The topological polar surface area (TPSA) is 37.8 Å². The fraction of sp³-hybridized carbons (Fsp3) is 0.333. The van der Waals surface area contributed by atoms with Crippen LogP contribution in [0.2, 0.25) is 0 Å². The molecule has 0 fully saturated rings. The first-order valence-corrected chi connectivity index (χ1v) is 7.42. The van der Waals surface area contributed by atoms with Gasteiger partial charge in [0.15, 0.2) is 0 Å². The molecule has 0 spiro atoms. The third-order valence-electron chi connectivity index (χ3n) is 3.33. The fourth-order valence-electron chi connectivity index (χ4n) is 2.32. The van der Waals surface area contributed by atoms with Gasteiger partial charge in [0.1, 0.15) is 11.6 Å². The molecule has 0 bridgehead atoms. The maximum Gasteiger partial charge on any atom is 0.145 e. The molecular weight excluding hydrogens is 340 g/mol. The molecule has 1 heterocycles. The maximum absolute atomic E-state index is 14.4. The Kier molecular flexibility index (Phi) is 5.00. The van der Waals surface area contributed by atoms with Gasteiger partial charge in [0.05, 0.1) is 21.9 Å². The molecule has 21 heavy (non-hydrogen) atoms. The third-order valence-corrected chi connectivity index (χ3v) is 3.94. The van der Waals surface area contributed by atoms with Gasteiger partial charge in [-0.2, -0.15) is 10.2 Å². The summed E-state index contributed by atoms with van der Waals surface area (Å²) in [5.74, 6) is -1.20. The van der Waals surface area contributed by atoms with Crippen LogP contribution >= 0.6 is 15.9 Å². The van der Waals surface area contributed by atoms with Crippen LogP contribution in [0.25, 0.3) is 0 Å². The van der Waals surface area contributed by atoms with E-state index in [1.54, 1.807) is 14.0 Å². The minimum absolute atomic E-state index is 0.0195. The van der Waals surface area contributed by atoms with Crippen molar-refractivity contribution in [1.29, 1.82) is 0 Å². The van der Waals surface area contributed by atoms with Gasteiger partial charge in [0, 0.05) is 5.56 Å². The number of halogens is 3. The summed E-state index contributed by atoms with van der Waals surface area (Å²) in [6.07, 6.45) is 0.637. The van der Waals surface area contributed by atoms with E-state index in [4.69, 9.17) is 0 Å². The van der Waals surface area contributed by atoms with E-state index < -0.39 is 17.7 Å². The van der Waals surface area contributed by atoms with E-state index in [9.17, 15) is 8.78 Å². The summed E-state index contributed by atoms with van der Waals surface area (Å²) in [7, 11) is 1.67. The first-order valence-electron chi connectivity index (χ1n) is 6.63. The summed E-state index contributed by atoms with van der Waals surface area (Å²) in [5, 5.41) is 11.1. The van der Waals surface area contributed by atoms with Crippen LogP contribution in [0.1, 0.15) is 35.5 Å². The molecular formula is C15H16BrF2N3. The van der Waals surface area contributed by atoms with Crippen molar-refractivity contribution in [2.75, 3.05) is 7.05 Å². The maximum atomic E-state index is 14.4. The minimum atomic E-state index is -0.619. The fourth-order valence-corrected chi connectivity index (χ4v) is 2.67. The van der Waals surface area contributed by atoms with Crippen LogP contribution in [-0.4, -0.2) is 17.2 Å². The zero-order chi connectivity index (χ0) is 15.6. The number of aryl methyl sites for hydroxylation is 2. The molecule has 0 radical (unpaired) electrons. The van der Waals surface area contributed by atoms with E-state index in [1.807, 2.05) is 13.0 Å². The number of rotatable bonds is 4. The normalized spacial score (nSPS) is 12.5. The van der Waals surface area contributed by atoms with Crippen molar-refractivity contribution in [2.24, 2.45) is 0 Å². The predicted molar refractivity (Wildman–Crippen MR) is 81.1 cm³/mol. The number of benzene rings is 1. The molecule has 112 valence electrons. The molecule has 1 unspecified atom stereocenters. The summed E-state index contributed by atoms with van der Waals surface area (Å²) in [6.45, 7) is 3.74. The van der Waals surface area contributed by atoms with Gasteiger partial charge < -0.3 is 5.32 Å². The summed E-state index contributed by atoms with van der Waals surface area (Å²) in [5.41, 5.74) is 2.15. The number of hydrogen-bond donors (Lipinski definition) is 1. The van der Waals surface area contributed by atoms with Crippen molar-refractivity contribution >= 4 is 15.9 Å². The van der Waals surface area contributed by atoms with Crippen molar-refractivity contribution in [2.45, 2.75) is 26.3 Å². The number of nitrogens with zero attached hydrogens (tertiary/aromatic N) is 2. The Balaban J connectivity index is 2.66. The minimum Gasteiger partial charge on any atom is -0.309 e. The number of aromatic nitrogens is 2. The highest BCUT2D eigenvalue weighted by Gasteiger charge is 2.25. The van der Waals surface area contributed by atoms with Gasteiger partial charge >= 0.3 is 0 Å². The SMILES string of the molecule is CCc1nnc(C)cc1C(NC)c1c(F)ccc(Br)c1F. The largest absolute Gasteiger partial charge is 0.309 e. The Morgan fingerprint density at radius 1 is 1.29 bits per heavy atom. The average Bonchev–Trinajstić information content (AvgIpc) is 2.47. The van der Waals surface area contributed by atoms with Crippen LogP contribution < -0.4 is 5.32 Å². The van der Waals surface area contributed by atoms with Gasteiger partial charge in [0.25, 0.3) is 0 Å². The zero-order valence-corrected chi connectivity index (χ0v) is 13.6.